The zero-order valence-electron chi connectivity index (χ0n) is 13.2. The SMILES string of the molecule is CCNC(=NCCCc1ccccc1)NCCS(C)(=O)=O.I. The van der Waals surface area contributed by atoms with Gasteiger partial charge in [-0.3, -0.25) is 4.99 Å². The van der Waals surface area contributed by atoms with Crippen molar-refractivity contribution in [3.8, 4) is 0 Å². The van der Waals surface area contributed by atoms with Gasteiger partial charge in [-0.15, -0.1) is 24.0 Å². The minimum atomic E-state index is -2.94. The second-order valence-electron chi connectivity index (χ2n) is 4.91. The van der Waals surface area contributed by atoms with E-state index in [0.717, 1.165) is 19.4 Å². The fourth-order valence-electron chi connectivity index (χ4n) is 1.82. The molecule has 0 saturated carbocycles. The molecule has 1 rings (SSSR count). The van der Waals surface area contributed by atoms with E-state index in [9.17, 15) is 8.42 Å². The van der Waals surface area contributed by atoms with Crippen molar-refractivity contribution in [3.63, 3.8) is 0 Å². The number of aryl methyl sites for hydroxylation is 1. The lowest BCUT2D eigenvalue weighted by atomic mass is 10.1. The van der Waals surface area contributed by atoms with Crippen LogP contribution in [0.2, 0.25) is 0 Å². The molecule has 0 heterocycles. The van der Waals surface area contributed by atoms with E-state index in [2.05, 4.69) is 27.8 Å². The van der Waals surface area contributed by atoms with E-state index in [1.807, 2.05) is 25.1 Å². The predicted octanol–water partition coefficient (Wildman–Crippen LogP) is 1.84. The maximum absolute atomic E-state index is 11.1. The second-order valence-corrected chi connectivity index (χ2v) is 7.17. The van der Waals surface area contributed by atoms with Crippen LogP contribution in [0.5, 0.6) is 0 Å². The highest BCUT2D eigenvalue weighted by molar-refractivity contribution is 14.0. The number of nitrogens with one attached hydrogen (secondary N) is 2. The third-order valence-electron chi connectivity index (χ3n) is 2.85. The van der Waals surface area contributed by atoms with Crippen LogP contribution in [-0.4, -0.2) is 46.0 Å². The Balaban J connectivity index is 0.00000441. The van der Waals surface area contributed by atoms with E-state index in [0.29, 0.717) is 19.0 Å². The number of aliphatic imine (C=N–C) groups is 1. The smallest absolute Gasteiger partial charge is 0.191 e. The Labute approximate surface area is 150 Å². The number of guanidine groups is 1. The van der Waals surface area contributed by atoms with Gasteiger partial charge in [-0.2, -0.15) is 0 Å². The molecular formula is C15H26IN3O2S. The van der Waals surface area contributed by atoms with Crippen LogP contribution in [0.3, 0.4) is 0 Å². The van der Waals surface area contributed by atoms with Crippen LogP contribution in [-0.2, 0) is 16.3 Å². The Kier molecular flexibility index (Phi) is 11.3. The molecule has 1 aromatic carbocycles. The highest BCUT2D eigenvalue weighted by atomic mass is 127. The summed E-state index contributed by atoms with van der Waals surface area (Å²) in [6.45, 7) is 3.83. The van der Waals surface area contributed by atoms with Gasteiger partial charge >= 0.3 is 0 Å². The first kappa shape index (κ1) is 21.2. The first-order valence-corrected chi connectivity index (χ1v) is 9.31. The molecule has 0 aromatic heterocycles. The summed E-state index contributed by atoms with van der Waals surface area (Å²) in [5.41, 5.74) is 1.31. The van der Waals surface area contributed by atoms with E-state index < -0.39 is 9.84 Å². The molecule has 0 bridgehead atoms. The fraction of sp³-hybridized carbons (Fsp3) is 0.533. The van der Waals surface area contributed by atoms with Crippen molar-refractivity contribution in [1.82, 2.24) is 10.6 Å². The molecule has 7 heteroatoms. The Morgan fingerprint density at radius 2 is 1.86 bits per heavy atom. The third kappa shape index (κ3) is 10.8. The van der Waals surface area contributed by atoms with Crippen molar-refractivity contribution in [3.05, 3.63) is 35.9 Å². The van der Waals surface area contributed by atoms with Crippen LogP contribution in [0.4, 0.5) is 0 Å². The highest BCUT2D eigenvalue weighted by Crippen LogP contribution is 2.02. The first-order valence-electron chi connectivity index (χ1n) is 7.25. The number of halogens is 1. The molecule has 0 unspecified atom stereocenters. The van der Waals surface area contributed by atoms with Crippen LogP contribution in [0.15, 0.2) is 35.3 Å². The maximum atomic E-state index is 11.1. The molecule has 0 atom stereocenters. The topological polar surface area (TPSA) is 70.6 Å². The standard InChI is InChI=1S/C15H25N3O2S.HI/c1-3-16-15(18-12-13-21(2,19)20)17-11-7-10-14-8-5-4-6-9-14;/h4-6,8-9H,3,7,10-13H2,1-2H3,(H2,16,17,18);1H. The number of sulfone groups is 1. The number of nitrogens with zero attached hydrogens (tertiary/aromatic N) is 1. The van der Waals surface area contributed by atoms with Crippen molar-refractivity contribution in [2.75, 3.05) is 31.6 Å². The molecular weight excluding hydrogens is 413 g/mol. The van der Waals surface area contributed by atoms with Crippen molar-refractivity contribution >= 4 is 39.8 Å². The fourth-order valence-corrected chi connectivity index (χ4v) is 2.29. The minimum absolute atomic E-state index is 0. The lowest BCUT2D eigenvalue weighted by Gasteiger charge is -2.10. The molecule has 1 aromatic rings. The van der Waals surface area contributed by atoms with E-state index in [1.165, 1.54) is 11.8 Å². The predicted molar refractivity (Wildman–Crippen MR) is 104 cm³/mol. The number of benzene rings is 1. The molecule has 0 aliphatic rings. The van der Waals surface area contributed by atoms with Gasteiger partial charge < -0.3 is 10.6 Å². The third-order valence-corrected chi connectivity index (χ3v) is 3.79. The summed E-state index contributed by atoms with van der Waals surface area (Å²) in [5, 5.41) is 6.15. The minimum Gasteiger partial charge on any atom is -0.357 e. The van der Waals surface area contributed by atoms with Gasteiger partial charge in [-0.1, -0.05) is 30.3 Å². The van der Waals surface area contributed by atoms with Gasteiger partial charge in [0.1, 0.15) is 9.84 Å². The molecule has 126 valence electrons. The van der Waals surface area contributed by atoms with Gasteiger partial charge in [-0.05, 0) is 25.3 Å². The molecule has 0 radical (unpaired) electrons. The van der Waals surface area contributed by atoms with Gasteiger partial charge in [0.25, 0.3) is 0 Å². The van der Waals surface area contributed by atoms with Crippen LogP contribution in [0.25, 0.3) is 0 Å². The van der Waals surface area contributed by atoms with Gasteiger partial charge in [0.05, 0.1) is 5.75 Å². The van der Waals surface area contributed by atoms with Crippen LogP contribution in [0.1, 0.15) is 18.9 Å². The molecule has 0 saturated heterocycles. The maximum Gasteiger partial charge on any atom is 0.191 e. The summed E-state index contributed by atoms with van der Waals surface area (Å²) in [5.74, 6) is 0.788. The molecule has 2 N–H and O–H groups in total. The molecule has 0 fully saturated rings. The second kappa shape index (κ2) is 11.7. The summed E-state index contributed by atoms with van der Waals surface area (Å²) in [4.78, 5) is 4.45. The summed E-state index contributed by atoms with van der Waals surface area (Å²) in [6, 6.07) is 10.3. The van der Waals surface area contributed by atoms with Crippen molar-refractivity contribution in [2.24, 2.45) is 4.99 Å². The molecule has 0 amide bonds. The summed E-state index contributed by atoms with van der Waals surface area (Å²) < 4.78 is 22.2. The average molecular weight is 439 g/mol. The van der Waals surface area contributed by atoms with E-state index in [4.69, 9.17) is 0 Å². The summed E-state index contributed by atoms with van der Waals surface area (Å²) >= 11 is 0. The van der Waals surface area contributed by atoms with Crippen LogP contribution < -0.4 is 10.6 Å². The number of hydrogen-bond donors (Lipinski definition) is 2. The zero-order chi connectivity index (χ0) is 15.6. The van der Waals surface area contributed by atoms with Gasteiger partial charge in [0.2, 0.25) is 0 Å². The number of rotatable bonds is 8. The van der Waals surface area contributed by atoms with Crippen molar-refractivity contribution in [2.45, 2.75) is 19.8 Å². The van der Waals surface area contributed by atoms with Crippen molar-refractivity contribution < 1.29 is 8.42 Å². The summed E-state index contributed by atoms with van der Waals surface area (Å²) in [6.07, 6.45) is 3.19. The van der Waals surface area contributed by atoms with Crippen LogP contribution >= 0.6 is 24.0 Å². The molecule has 0 spiro atoms. The first-order chi connectivity index (χ1) is 10.0. The van der Waals surface area contributed by atoms with E-state index in [-0.39, 0.29) is 29.7 Å². The summed E-state index contributed by atoms with van der Waals surface area (Å²) in [7, 11) is -2.94. The van der Waals surface area contributed by atoms with Gasteiger partial charge in [0.15, 0.2) is 5.96 Å². The zero-order valence-corrected chi connectivity index (χ0v) is 16.4. The lowest BCUT2D eigenvalue weighted by Crippen LogP contribution is -2.39. The molecule has 5 nitrogen and oxygen atoms in total. The van der Waals surface area contributed by atoms with E-state index in [1.54, 1.807) is 0 Å². The van der Waals surface area contributed by atoms with Gasteiger partial charge in [0, 0.05) is 25.9 Å². The Hall–Kier alpha value is -0.830. The Bertz CT molecular complexity index is 533. The van der Waals surface area contributed by atoms with Gasteiger partial charge in [-0.25, -0.2) is 8.42 Å². The van der Waals surface area contributed by atoms with E-state index >= 15 is 0 Å². The normalized spacial score (nSPS) is 11.6. The lowest BCUT2D eigenvalue weighted by molar-refractivity contribution is 0.600. The Morgan fingerprint density at radius 1 is 1.18 bits per heavy atom. The Morgan fingerprint density at radius 3 is 2.45 bits per heavy atom. The highest BCUT2D eigenvalue weighted by Gasteiger charge is 2.02. The molecule has 22 heavy (non-hydrogen) atoms. The largest absolute Gasteiger partial charge is 0.357 e. The molecule has 0 aliphatic heterocycles. The quantitative estimate of drug-likeness (QED) is 0.281. The monoisotopic (exact) mass is 439 g/mol. The number of hydrogen-bond acceptors (Lipinski definition) is 3. The average Bonchev–Trinajstić information content (AvgIpc) is 2.43. The van der Waals surface area contributed by atoms with Crippen LogP contribution in [0, 0.1) is 0 Å². The van der Waals surface area contributed by atoms with Crippen molar-refractivity contribution in [1.29, 1.82) is 0 Å². The molecule has 0 aliphatic carbocycles.